The van der Waals surface area contributed by atoms with Crippen molar-refractivity contribution in [2.45, 2.75) is 32.9 Å². The number of hydrogen-bond donors (Lipinski definition) is 2. The fourth-order valence-corrected chi connectivity index (χ4v) is 2.26. The number of aliphatic hydroxyl groups excluding tert-OH is 1. The Morgan fingerprint density at radius 3 is 2.71 bits per heavy atom. The number of aliphatic hydroxyl groups is 1. The van der Waals surface area contributed by atoms with Crippen LogP contribution in [0.25, 0.3) is 0 Å². The molecular formula is C16H21N3O2. The van der Waals surface area contributed by atoms with Gasteiger partial charge in [-0.25, -0.2) is 0 Å². The van der Waals surface area contributed by atoms with E-state index in [0.717, 1.165) is 11.1 Å². The van der Waals surface area contributed by atoms with Gasteiger partial charge in [0.25, 0.3) is 5.91 Å². The van der Waals surface area contributed by atoms with Crippen LogP contribution in [-0.2, 0) is 0 Å². The summed E-state index contributed by atoms with van der Waals surface area (Å²) < 4.78 is 1.66. The maximum absolute atomic E-state index is 12.2. The zero-order chi connectivity index (χ0) is 15.4. The topological polar surface area (TPSA) is 67.2 Å². The fraction of sp³-hybridized carbons (Fsp3) is 0.375. The molecule has 1 aromatic heterocycles. The van der Waals surface area contributed by atoms with E-state index in [2.05, 4.69) is 10.4 Å². The van der Waals surface area contributed by atoms with Gasteiger partial charge in [0.1, 0.15) is 5.69 Å². The van der Waals surface area contributed by atoms with Crippen molar-refractivity contribution in [1.29, 1.82) is 0 Å². The van der Waals surface area contributed by atoms with E-state index in [9.17, 15) is 9.90 Å². The van der Waals surface area contributed by atoms with Crippen LogP contribution in [0.1, 0.15) is 47.6 Å². The zero-order valence-corrected chi connectivity index (χ0v) is 12.6. The first kappa shape index (κ1) is 15.3. The number of amides is 1. The molecule has 0 saturated carbocycles. The fourth-order valence-electron chi connectivity index (χ4n) is 2.26. The van der Waals surface area contributed by atoms with Crippen LogP contribution in [0.2, 0.25) is 0 Å². The van der Waals surface area contributed by atoms with Gasteiger partial charge in [0.2, 0.25) is 0 Å². The van der Waals surface area contributed by atoms with E-state index in [-0.39, 0.29) is 18.5 Å². The average Bonchev–Trinajstić information content (AvgIpc) is 2.94. The zero-order valence-electron chi connectivity index (χ0n) is 12.6. The molecular weight excluding hydrogens is 266 g/mol. The van der Waals surface area contributed by atoms with E-state index < -0.39 is 6.10 Å². The molecule has 0 aliphatic rings. The van der Waals surface area contributed by atoms with E-state index in [1.165, 1.54) is 0 Å². The second kappa shape index (κ2) is 6.54. The maximum atomic E-state index is 12.2. The average molecular weight is 287 g/mol. The van der Waals surface area contributed by atoms with Gasteiger partial charge in [0, 0.05) is 18.8 Å². The van der Waals surface area contributed by atoms with E-state index in [0.29, 0.717) is 5.69 Å². The molecule has 2 aromatic rings. The number of aryl methyl sites for hydroxylation is 1. The summed E-state index contributed by atoms with van der Waals surface area (Å²) in [4.78, 5) is 12.2. The van der Waals surface area contributed by atoms with Crippen LogP contribution in [0.4, 0.5) is 0 Å². The van der Waals surface area contributed by atoms with E-state index in [1.54, 1.807) is 16.9 Å². The summed E-state index contributed by atoms with van der Waals surface area (Å²) >= 11 is 0. The lowest BCUT2D eigenvalue weighted by atomic mass is 10.0. The SMILES string of the molecule is Cc1ccccc1C(O)CNC(=O)c1ccnn1C(C)C. The number of hydrogen-bond acceptors (Lipinski definition) is 3. The maximum Gasteiger partial charge on any atom is 0.269 e. The third kappa shape index (κ3) is 3.49. The van der Waals surface area contributed by atoms with Gasteiger partial charge < -0.3 is 10.4 Å². The lowest BCUT2D eigenvalue weighted by Gasteiger charge is -2.15. The van der Waals surface area contributed by atoms with Gasteiger partial charge in [0.15, 0.2) is 0 Å². The number of nitrogens with zero attached hydrogens (tertiary/aromatic N) is 2. The molecule has 1 heterocycles. The predicted octanol–water partition coefficient (Wildman–Crippen LogP) is 2.24. The Bertz CT molecular complexity index is 619. The number of carbonyl (C=O) groups excluding carboxylic acids is 1. The second-order valence-corrected chi connectivity index (χ2v) is 5.34. The van der Waals surface area contributed by atoms with Gasteiger partial charge in [-0.1, -0.05) is 24.3 Å². The molecule has 2 rings (SSSR count). The summed E-state index contributed by atoms with van der Waals surface area (Å²) in [5, 5.41) is 17.1. The molecule has 0 fully saturated rings. The molecule has 1 aromatic carbocycles. The van der Waals surface area contributed by atoms with Crippen molar-refractivity contribution >= 4 is 5.91 Å². The van der Waals surface area contributed by atoms with Gasteiger partial charge in [0.05, 0.1) is 6.10 Å². The summed E-state index contributed by atoms with van der Waals surface area (Å²) in [6.45, 7) is 6.04. The molecule has 112 valence electrons. The first-order valence-corrected chi connectivity index (χ1v) is 7.06. The third-order valence-corrected chi connectivity index (χ3v) is 3.40. The van der Waals surface area contributed by atoms with E-state index >= 15 is 0 Å². The predicted molar refractivity (Wildman–Crippen MR) is 81.1 cm³/mol. The van der Waals surface area contributed by atoms with Crippen LogP contribution in [0.3, 0.4) is 0 Å². The number of rotatable bonds is 5. The molecule has 0 radical (unpaired) electrons. The molecule has 1 unspecified atom stereocenters. The highest BCUT2D eigenvalue weighted by Crippen LogP contribution is 2.16. The molecule has 1 atom stereocenters. The quantitative estimate of drug-likeness (QED) is 0.886. The van der Waals surface area contributed by atoms with Gasteiger partial charge in [-0.15, -0.1) is 0 Å². The second-order valence-electron chi connectivity index (χ2n) is 5.34. The highest BCUT2D eigenvalue weighted by molar-refractivity contribution is 5.92. The Kier molecular flexibility index (Phi) is 4.75. The third-order valence-electron chi connectivity index (χ3n) is 3.40. The van der Waals surface area contributed by atoms with E-state index in [4.69, 9.17) is 0 Å². The Morgan fingerprint density at radius 2 is 2.05 bits per heavy atom. The lowest BCUT2D eigenvalue weighted by molar-refractivity contribution is 0.0903. The summed E-state index contributed by atoms with van der Waals surface area (Å²) in [5.74, 6) is -0.228. The molecule has 1 amide bonds. The minimum atomic E-state index is -0.717. The molecule has 5 nitrogen and oxygen atoms in total. The van der Waals surface area contributed by atoms with Gasteiger partial charge in [-0.3, -0.25) is 9.48 Å². The molecule has 5 heteroatoms. The van der Waals surface area contributed by atoms with Crippen LogP contribution in [-0.4, -0.2) is 27.3 Å². The van der Waals surface area contributed by atoms with Crippen LogP contribution < -0.4 is 5.32 Å². The van der Waals surface area contributed by atoms with Crippen molar-refractivity contribution in [3.8, 4) is 0 Å². The minimum absolute atomic E-state index is 0.113. The van der Waals surface area contributed by atoms with Crippen LogP contribution in [0.5, 0.6) is 0 Å². The van der Waals surface area contributed by atoms with Gasteiger partial charge >= 0.3 is 0 Å². The van der Waals surface area contributed by atoms with Crippen molar-refractivity contribution in [3.63, 3.8) is 0 Å². The highest BCUT2D eigenvalue weighted by atomic mass is 16.3. The molecule has 0 aliphatic heterocycles. The Labute approximate surface area is 124 Å². The molecule has 21 heavy (non-hydrogen) atoms. The smallest absolute Gasteiger partial charge is 0.269 e. The lowest BCUT2D eigenvalue weighted by Crippen LogP contribution is -2.30. The van der Waals surface area contributed by atoms with Crippen molar-refractivity contribution in [2.75, 3.05) is 6.54 Å². The minimum Gasteiger partial charge on any atom is -0.387 e. The summed E-state index contributed by atoms with van der Waals surface area (Å²) in [6.07, 6.45) is 0.887. The molecule has 0 saturated heterocycles. The van der Waals surface area contributed by atoms with Gasteiger partial charge in [-0.05, 0) is 38.0 Å². The first-order valence-electron chi connectivity index (χ1n) is 7.06. The monoisotopic (exact) mass is 287 g/mol. The first-order chi connectivity index (χ1) is 10.0. The van der Waals surface area contributed by atoms with Crippen molar-refractivity contribution < 1.29 is 9.90 Å². The van der Waals surface area contributed by atoms with Crippen molar-refractivity contribution in [1.82, 2.24) is 15.1 Å². The van der Waals surface area contributed by atoms with Crippen molar-refractivity contribution in [2.24, 2.45) is 0 Å². The van der Waals surface area contributed by atoms with Gasteiger partial charge in [-0.2, -0.15) is 5.10 Å². The Morgan fingerprint density at radius 1 is 1.33 bits per heavy atom. The summed E-state index contributed by atoms with van der Waals surface area (Å²) in [5.41, 5.74) is 2.34. The number of carbonyl (C=O) groups is 1. The number of nitrogens with one attached hydrogen (secondary N) is 1. The summed E-state index contributed by atoms with van der Waals surface area (Å²) in [7, 11) is 0. The molecule has 0 bridgehead atoms. The summed E-state index contributed by atoms with van der Waals surface area (Å²) in [6, 6.07) is 9.39. The Balaban J connectivity index is 2.01. The molecule has 0 spiro atoms. The van der Waals surface area contributed by atoms with Crippen molar-refractivity contribution in [3.05, 3.63) is 53.3 Å². The highest BCUT2D eigenvalue weighted by Gasteiger charge is 2.16. The van der Waals surface area contributed by atoms with Crippen LogP contribution in [0, 0.1) is 6.92 Å². The Hall–Kier alpha value is -2.14. The normalized spacial score (nSPS) is 12.4. The number of aromatic nitrogens is 2. The standard InChI is InChI=1S/C16H21N3O2/c1-11(2)19-14(8-9-18-19)16(21)17-10-15(20)13-7-5-4-6-12(13)3/h4-9,11,15,20H,10H2,1-3H3,(H,17,21). The largest absolute Gasteiger partial charge is 0.387 e. The van der Waals surface area contributed by atoms with E-state index in [1.807, 2.05) is 45.0 Å². The molecule has 2 N–H and O–H groups in total. The van der Waals surface area contributed by atoms with Crippen LogP contribution in [0.15, 0.2) is 36.5 Å². The van der Waals surface area contributed by atoms with Crippen LogP contribution >= 0.6 is 0 Å². The number of benzene rings is 1. The molecule has 0 aliphatic carbocycles.